The highest BCUT2D eigenvalue weighted by Gasteiger charge is 2.42. The van der Waals surface area contributed by atoms with Crippen molar-refractivity contribution in [1.29, 1.82) is 0 Å². The standard InChI is InChI=1S/C15H16BrClN2O2/c16-11-7-9(5-6-12(11)17)18-13-8-14(20)19(15(13)21)10-3-1-2-4-10/h5-7,10,13,18H,1-4,8H2. The molecule has 1 N–H and O–H groups in total. The van der Waals surface area contributed by atoms with Gasteiger partial charge in [0.1, 0.15) is 6.04 Å². The lowest BCUT2D eigenvalue weighted by Crippen LogP contribution is -2.40. The Morgan fingerprint density at radius 3 is 2.62 bits per heavy atom. The van der Waals surface area contributed by atoms with Crippen LogP contribution in [0, 0.1) is 0 Å². The SMILES string of the molecule is O=C1CC(Nc2ccc(Cl)c(Br)c2)C(=O)N1C1CCCC1. The Kier molecular flexibility index (Phi) is 4.22. The molecule has 4 nitrogen and oxygen atoms in total. The minimum Gasteiger partial charge on any atom is -0.373 e. The van der Waals surface area contributed by atoms with E-state index in [0.29, 0.717) is 5.02 Å². The van der Waals surface area contributed by atoms with E-state index in [-0.39, 0.29) is 24.3 Å². The maximum absolute atomic E-state index is 12.5. The molecule has 2 fully saturated rings. The summed E-state index contributed by atoms with van der Waals surface area (Å²) in [6.45, 7) is 0. The summed E-state index contributed by atoms with van der Waals surface area (Å²) in [5.74, 6) is -0.157. The van der Waals surface area contributed by atoms with Gasteiger partial charge in [0.2, 0.25) is 5.91 Å². The Hall–Kier alpha value is -1.07. The summed E-state index contributed by atoms with van der Waals surface area (Å²) in [5.41, 5.74) is 0.783. The smallest absolute Gasteiger partial charge is 0.252 e. The third kappa shape index (κ3) is 2.94. The summed E-state index contributed by atoms with van der Waals surface area (Å²) in [7, 11) is 0. The monoisotopic (exact) mass is 370 g/mol. The average molecular weight is 372 g/mol. The van der Waals surface area contributed by atoms with E-state index < -0.39 is 6.04 Å². The molecule has 1 unspecified atom stereocenters. The highest BCUT2D eigenvalue weighted by Crippen LogP contribution is 2.30. The predicted octanol–water partition coefficient (Wildman–Crippen LogP) is 3.58. The maximum atomic E-state index is 12.5. The molecular formula is C15H16BrClN2O2. The summed E-state index contributed by atoms with van der Waals surface area (Å²) in [4.78, 5) is 26.1. The molecule has 1 saturated heterocycles. The third-order valence-electron chi connectivity index (χ3n) is 4.13. The van der Waals surface area contributed by atoms with Crippen LogP contribution in [0.3, 0.4) is 0 Å². The first kappa shape index (κ1) is 14.9. The number of carbonyl (C=O) groups is 2. The van der Waals surface area contributed by atoms with Crippen LogP contribution < -0.4 is 5.32 Å². The van der Waals surface area contributed by atoms with Crippen molar-refractivity contribution in [3.05, 3.63) is 27.7 Å². The lowest BCUT2D eigenvalue weighted by atomic mass is 10.2. The molecule has 0 bridgehead atoms. The molecular weight excluding hydrogens is 356 g/mol. The van der Waals surface area contributed by atoms with Crippen LogP contribution in [0.4, 0.5) is 5.69 Å². The van der Waals surface area contributed by atoms with Gasteiger partial charge in [0, 0.05) is 16.2 Å². The predicted molar refractivity (Wildman–Crippen MR) is 85.3 cm³/mol. The van der Waals surface area contributed by atoms with E-state index in [9.17, 15) is 9.59 Å². The van der Waals surface area contributed by atoms with Crippen LogP contribution in [0.25, 0.3) is 0 Å². The van der Waals surface area contributed by atoms with E-state index >= 15 is 0 Å². The minimum absolute atomic E-state index is 0.0579. The van der Waals surface area contributed by atoms with Gasteiger partial charge in [-0.15, -0.1) is 0 Å². The van der Waals surface area contributed by atoms with Crippen molar-refractivity contribution >= 4 is 45.0 Å². The molecule has 2 aliphatic rings. The van der Waals surface area contributed by atoms with E-state index in [2.05, 4.69) is 21.2 Å². The molecule has 1 heterocycles. The Morgan fingerprint density at radius 2 is 1.95 bits per heavy atom. The van der Waals surface area contributed by atoms with Crippen LogP contribution in [-0.2, 0) is 9.59 Å². The van der Waals surface area contributed by atoms with Gasteiger partial charge in [0.25, 0.3) is 5.91 Å². The zero-order valence-corrected chi connectivity index (χ0v) is 13.8. The molecule has 1 aliphatic carbocycles. The first-order valence-electron chi connectivity index (χ1n) is 7.14. The van der Waals surface area contributed by atoms with E-state index in [1.165, 1.54) is 4.90 Å². The molecule has 1 aromatic carbocycles. The van der Waals surface area contributed by atoms with Crippen molar-refractivity contribution < 1.29 is 9.59 Å². The molecule has 21 heavy (non-hydrogen) atoms. The van der Waals surface area contributed by atoms with Crippen molar-refractivity contribution in [3.8, 4) is 0 Å². The largest absolute Gasteiger partial charge is 0.373 e. The molecule has 0 radical (unpaired) electrons. The van der Waals surface area contributed by atoms with Gasteiger partial charge in [-0.05, 0) is 47.0 Å². The highest BCUT2D eigenvalue weighted by atomic mass is 79.9. The molecule has 0 aromatic heterocycles. The zero-order chi connectivity index (χ0) is 15.0. The summed E-state index contributed by atoms with van der Waals surface area (Å²) in [6, 6.07) is 5.02. The second-order valence-corrected chi connectivity index (χ2v) is 6.83. The van der Waals surface area contributed by atoms with Crippen molar-refractivity contribution in [2.24, 2.45) is 0 Å². The number of carbonyl (C=O) groups excluding carboxylic acids is 2. The number of imide groups is 1. The highest BCUT2D eigenvalue weighted by molar-refractivity contribution is 9.10. The number of likely N-dealkylation sites (tertiary alicyclic amines) is 1. The minimum atomic E-state index is -0.467. The molecule has 112 valence electrons. The summed E-state index contributed by atoms with van der Waals surface area (Å²) < 4.78 is 0.763. The van der Waals surface area contributed by atoms with Gasteiger partial charge in [-0.2, -0.15) is 0 Å². The van der Waals surface area contributed by atoms with Crippen molar-refractivity contribution in [3.63, 3.8) is 0 Å². The molecule has 1 aliphatic heterocycles. The fraction of sp³-hybridized carbons (Fsp3) is 0.467. The second-order valence-electron chi connectivity index (χ2n) is 5.57. The molecule has 6 heteroatoms. The van der Waals surface area contributed by atoms with Crippen molar-refractivity contribution in [2.75, 3.05) is 5.32 Å². The van der Waals surface area contributed by atoms with Crippen LogP contribution in [0.15, 0.2) is 22.7 Å². The third-order valence-corrected chi connectivity index (χ3v) is 5.35. The number of hydrogen-bond donors (Lipinski definition) is 1. The van der Waals surface area contributed by atoms with Gasteiger partial charge in [-0.3, -0.25) is 14.5 Å². The molecule has 1 saturated carbocycles. The lowest BCUT2D eigenvalue weighted by molar-refractivity contribution is -0.141. The topological polar surface area (TPSA) is 49.4 Å². The van der Waals surface area contributed by atoms with Gasteiger partial charge in [-0.1, -0.05) is 24.4 Å². The number of amides is 2. The van der Waals surface area contributed by atoms with Crippen LogP contribution in [0.1, 0.15) is 32.1 Å². The normalized spacial score (nSPS) is 23.1. The van der Waals surface area contributed by atoms with E-state index in [1.54, 1.807) is 6.07 Å². The molecule has 2 amide bonds. The Morgan fingerprint density at radius 1 is 1.24 bits per heavy atom. The molecule has 3 rings (SSSR count). The average Bonchev–Trinajstić information content (AvgIpc) is 3.04. The quantitative estimate of drug-likeness (QED) is 0.826. The number of nitrogens with one attached hydrogen (secondary N) is 1. The van der Waals surface area contributed by atoms with Crippen LogP contribution in [-0.4, -0.2) is 28.8 Å². The molecule has 1 atom stereocenters. The number of hydrogen-bond acceptors (Lipinski definition) is 3. The fourth-order valence-electron chi connectivity index (χ4n) is 3.10. The fourth-order valence-corrected chi connectivity index (χ4v) is 3.59. The summed E-state index contributed by atoms with van der Waals surface area (Å²) in [6.07, 6.45) is 4.32. The van der Waals surface area contributed by atoms with Gasteiger partial charge in [-0.25, -0.2) is 0 Å². The van der Waals surface area contributed by atoms with E-state index in [0.717, 1.165) is 35.8 Å². The second kappa shape index (κ2) is 5.97. The Bertz CT molecular complexity index is 587. The van der Waals surface area contributed by atoms with E-state index in [4.69, 9.17) is 11.6 Å². The Balaban J connectivity index is 1.73. The molecule has 0 spiro atoms. The number of anilines is 1. The van der Waals surface area contributed by atoms with Gasteiger partial charge in [0.15, 0.2) is 0 Å². The van der Waals surface area contributed by atoms with Gasteiger partial charge >= 0.3 is 0 Å². The number of halogens is 2. The van der Waals surface area contributed by atoms with Crippen molar-refractivity contribution in [1.82, 2.24) is 4.90 Å². The number of benzene rings is 1. The van der Waals surface area contributed by atoms with Crippen LogP contribution in [0.5, 0.6) is 0 Å². The first-order valence-corrected chi connectivity index (χ1v) is 8.31. The first-order chi connectivity index (χ1) is 10.1. The summed E-state index contributed by atoms with van der Waals surface area (Å²) >= 11 is 9.31. The number of rotatable bonds is 3. The molecule has 1 aromatic rings. The van der Waals surface area contributed by atoms with Gasteiger partial charge in [0.05, 0.1) is 11.4 Å². The maximum Gasteiger partial charge on any atom is 0.252 e. The number of nitrogens with zero attached hydrogens (tertiary/aromatic N) is 1. The van der Waals surface area contributed by atoms with Crippen molar-refractivity contribution in [2.45, 2.75) is 44.2 Å². The van der Waals surface area contributed by atoms with Crippen LogP contribution in [0.2, 0.25) is 5.02 Å². The van der Waals surface area contributed by atoms with E-state index in [1.807, 2.05) is 12.1 Å². The summed E-state index contributed by atoms with van der Waals surface area (Å²) in [5, 5.41) is 3.75. The lowest BCUT2D eigenvalue weighted by Gasteiger charge is -2.22. The van der Waals surface area contributed by atoms with Crippen LogP contribution >= 0.6 is 27.5 Å². The van der Waals surface area contributed by atoms with Gasteiger partial charge < -0.3 is 5.32 Å². The zero-order valence-electron chi connectivity index (χ0n) is 11.4. The Labute approximate surface area is 137 Å².